The van der Waals surface area contributed by atoms with Gasteiger partial charge in [-0.3, -0.25) is 25.2 Å². The van der Waals surface area contributed by atoms with E-state index < -0.39 is 11.9 Å². The third kappa shape index (κ3) is 4.40. The van der Waals surface area contributed by atoms with E-state index in [1.54, 1.807) is 11.0 Å². The van der Waals surface area contributed by atoms with Crippen molar-refractivity contribution >= 4 is 28.6 Å². The predicted molar refractivity (Wildman–Crippen MR) is 133 cm³/mol. The summed E-state index contributed by atoms with van der Waals surface area (Å²) < 4.78 is 0. The molecule has 0 saturated heterocycles. The monoisotopic (exact) mass is 466 g/mol. The molecule has 176 valence electrons. The van der Waals surface area contributed by atoms with E-state index in [2.05, 4.69) is 15.8 Å². The van der Waals surface area contributed by atoms with Gasteiger partial charge in [-0.25, -0.2) is 0 Å². The first-order valence-electron chi connectivity index (χ1n) is 11.6. The number of benzene rings is 3. The molecule has 35 heavy (non-hydrogen) atoms. The molecule has 7 heteroatoms. The lowest BCUT2D eigenvalue weighted by atomic mass is 9.95. The Balaban J connectivity index is 1.32. The Bertz CT molecular complexity index is 1410. The summed E-state index contributed by atoms with van der Waals surface area (Å²) in [6.45, 7) is 1.79. The molecule has 3 amide bonds. The van der Waals surface area contributed by atoms with Gasteiger partial charge in [0.05, 0.1) is 6.04 Å². The number of aromatic amines is 1. The van der Waals surface area contributed by atoms with E-state index in [0.29, 0.717) is 12.0 Å². The number of hydrogen-bond acceptors (Lipinski definition) is 3. The fourth-order valence-corrected chi connectivity index (χ4v) is 4.79. The second-order valence-corrected chi connectivity index (χ2v) is 8.71. The molecule has 7 nitrogen and oxygen atoms in total. The topological polar surface area (TPSA) is 94.3 Å². The van der Waals surface area contributed by atoms with Crippen LogP contribution in [0.25, 0.3) is 10.9 Å². The van der Waals surface area contributed by atoms with Crippen LogP contribution >= 0.6 is 0 Å². The lowest BCUT2D eigenvalue weighted by molar-refractivity contribution is -0.129. The maximum Gasteiger partial charge on any atom is 0.258 e. The summed E-state index contributed by atoms with van der Waals surface area (Å²) >= 11 is 0. The molecule has 0 saturated carbocycles. The van der Waals surface area contributed by atoms with Gasteiger partial charge in [0.1, 0.15) is 6.54 Å². The number of aromatic nitrogens is 1. The van der Waals surface area contributed by atoms with Gasteiger partial charge in [-0.1, -0.05) is 66.7 Å². The number of hydrogen-bond donors (Lipinski definition) is 3. The molecule has 0 radical (unpaired) electrons. The molecule has 0 spiro atoms. The smallest absolute Gasteiger partial charge is 0.258 e. The van der Waals surface area contributed by atoms with Crippen LogP contribution in [-0.2, 0) is 16.0 Å². The molecule has 1 aliphatic rings. The lowest BCUT2D eigenvalue weighted by Gasteiger charge is -2.25. The van der Waals surface area contributed by atoms with Crippen LogP contribution in [0.15, 0.2) is 78.9 Å². The highest BCUT2D eigenvalue weighted by molar-refractivity contribution is 6.02. The standard InChI is InChI=1S/C28H26N4O3/c1-18-26(22-13-7-8-14-23(22)29-18)27-20-11-5-6-12-21(20)28(35)32(27)17-25(34)31-30-24(33)16-15-19-9-3-2-4-10-19/h2-14,27,29H,15-17H2,1H3,(H,30,33)(H,31,34). The third-order valence-corrected chi connectivity index (χ3v) is 6.41. The van der Waals surface area contributed by atoms with E-state index in [1.165, 1.54) is 0 Å². The van der Waals surface area contributed by atoms with Crippen LogP contribution in [0.5, 0.6) is 0 Å². The van der Waals surface area contributed by atoms with Crippen LogP contribution in [0.2, 0.25) is 0 Å². The van der Waals surface area contributed by atoms with Gasteiger partial charge in [0.25, 0.3) is 11.8 Å². The highest BCUT2D eigenvalue weighted by Crippen LogP contribution is 2.42. The SMILES string of the molecule is Cc1[nH]c2ccccc2c1C1c2ccccc2C(=O)N1CC(=O)NNC(=O)CCc1ccccc1. The zero-order valence-corrected chi connectivity index (χ0v) is 19.4. The molecule has 2 heterocycles. The van der Waals surface area contributed by atoms with Gasteiger partial charge in [-0.15, -0.1) is 0 Å². The molecule has 1 unspecified atom stereocenters. The maximum absolute atomic E-state index is 13.3. The van der Waals surface area contributed by atoms with E-state index >= 15 is 0 Å². The van der Waals surface area contributed by atoms with Crippen LogP contribution in [0.4, 0.5) is 0 Å². The average molecular weight is 467 g/mol. The van der Waals surface area contributed by atoms with Gasteiger partial charge in [0, 0.05) is 34.1 Å². The van der Waals surface area contributed by atoms with Crippen LogP contribution in [0.3, 0.4) is 0 Å². The number of hydrazine groups is 1. The number of aryl methyl sites for hydroxylation is 2. The summed E-state index contributed by atoms with van der Waals surface area (Å²) in [7, 11) is 0. The molecule has 3 N–H and O–H groups in total. The van der Waals surface area contributed by atoms with Gasteiger partial charge >= 0.3 is 0 Å². The fourth-order valence-electron chi connectivity index (χ4n) is 4.79. The van der Waals surface area contributed by atoms with Crippen molar-refractivity contribution in [3.8, 4) is 0 Å². The Morgan fingerprint density at radius 3 is 2.40 bits per heavy atom. The van der Waals surface area contributed by atoms with E-state index in [1.807, 2.05) is 79.7 Å². The molecular formula is C28H26N4O3. The van der Waals surface area contributed by atoms with Crippen molar-refractivity contribution in [1.29, 1.82) is 0 Å². The summed E-state index contributed by atoms with van der Waals surface area (Å²) in [4.78, 5) is 43.3. The number of fused-ring (bicyclic) bond motifs is 2. The molecule has 0 fully saturated rings. The summed E-state index contributed by atoms with van der Waals surface area (Å²) in [5.74, 6) is -0.954. The molecule has 3 aromatic carbocycles. The fraction of sp³-hybridized carbons (Fsp3) is 0.179. The molecular weight excluding hydrogens is 440 g/mol. The Kier molecular flexibility index (Phi) is 6.06. The van der Waals surface area contributed by atoms with Gasteiger partial charge in [0.15, 0.2) is 0 Å². The van der Waals surface area contributed by atoms with Crippen molar-refractivity contribution in [3.63, 3.8) is 0 Å². The number of para-hydroxylation sites is 1. The minimum Gasteiger partial charge on any atom is -0.358 e. The molecule has 0 aliphatic carbocycles. The van der Waals surface area contributed by atoms with Crippen LogP contribution in [0.1, 0.15) is 45.2 Å². The first-order chi connectivity index (χ1) is 17.0. The molecule has 1 aliphatic heterocycles. The minimum atomic E-state index is -0.457. The lowest BCUT2D eigenvalue weighted by Crippen LogP contribution is -2.47. The first kappa shape index (κ1) is 22.4. The number of carbonyl (C=O) groups is 3. The van der Waals surface area contributed by atoms with Crippen molar-refractivity contribution in [3.05, 3.63) is 107 Å². The Labute approximate surface area is 203 Å². The van der Waals surface area contributed by atoms with Crippen LogP contribution in [-0.4, -0.2) is 34.2 Å². The van der Waals surface area contributed by atoms with Crippen molar-refractivity contribution < 1.29 is 14.4 Å². The van der Waals surface area contributed by atoms with Crippen molar-refractivity contribution in [1.82, 2.24) is 20.7 Å². The molecule has 5 rings (SSSR count). The van der Waals surface area contributed by atoms with Crippen molar-refractivity contribution in [2.45, 2.75) is 25.8 Å². The average Bonchev–Trinajstić information content (AvgIpc) is 3.35. The molecule has 0 bridgehead atoms. The third-order valence-electron chi connectivity index (χ3n) is 6.41. The van der Waals surface area contributed by atoms with E-state index in [9.17, 15) is 14.4 Å². The quantitative estimate of drug-likeness (QED) is 0.377. The second kappa shape index (κ2) is 9.46. The van der Waals surface area contributed by atoms with Crippen LogP contribution < -0.4 is 10.9 Å². The highest BCUT2D eigenvalue weighted by Gasteiger charge is 2.40. The summed E-state index contributed by atoms with van der Waals surface area (Å²) in [6, 6.07) is 24.7. The molecule has 4 aromatic rings. The molecule has 1 atom stereocenters. The van der Waals surface area contributed by atoms with Crippen molar-refractivity contribution in [2.75, 3.05) is 6.54 Å². The van der Waals surface area contributed by atoms with Gasteiger partial charge in [-0.2, -0.15) is 0 Å². The van der Waals surface area contributed by atoms with Crippen molar-refractivity contribution in [2.24, 2.45) is 0 Å². The number of nitrogens with zero attached hydrogens (tertiary/aromatic N) is 1. The summed E-state index contributed by atoms with van der Waals surface area (Å²) in [5, 5.41) is 1.01. The zero-order chi connectivity index (χ0) is 24.4. The van der Waals surface area contributed by atoms with Crippen LogP contribution in [0, 0.1) is 6.92 Å². The van der Waals surface area contributed by atoms with Gasteiger partial charge in [-0.05, 0) is 36.6 Å². The number of amides is 3. The van der Waals surface area contributed by atoms with Gasteiger partial charge < -0.3 is 9.88 Å². The second-order valence-electron chi connectivity index (χ2n) is 8.71. The largest absolute Gasteiger partial charge is 0.358 e. The minimum absolute atomic E-state index is 0.184. The van der Waals surface area contributed by atoms with E-state index in [4.69, 9.17) is 0 Å². The zero-order valence-electron chi connectivity index (χ0n) is 19.4. The first-order valence-corrected chi connectivity index (χ1v) is 11.6. The van der Waals surface area contributed by atoms with E-state index in [0.717, 1.165) is 33.3 Å². The Hall–Kier alpha value is -4.39. The summed E-state index contributed by atoms with van der Waals surface area (Å²) in [5.41, 5.74) is 10.3. The normalized spacial score (nSPS) is 14.7. The van der Waals surface area contributed by atoms with Gasteiger partial charge in [0.2, 0.25) is 5.91 Å². The number of H-pyrrole nitrogens is 1. The highest BCUT2D eigenvalue weighted by atomic mass is 16.2. The Morgan fingerprint density at radius 2 is 1.57 bits per heavy atom. The summed E-state index contributed by atoms with van der Waals surface area (Å²) in [6.07, 6.45) is 0.819. The predicted octanol–water partition coefficient (Wildman–Crippen LogP) is 3.80. The number of rotatable bonds is 6. The number of carbonyl (C=O) groups excluding carboxylic acids is 3. The Morgan fingerprint density at radius 1 is 0.886 bits per heavy atom. The maximum atomic E-state index is 13.3. The molecule has 1 aromatic heterocycles. The van der Waals surface area contributed by atoms with E-state index in [-0.39, 0.29) is 24.8 Å². The number of nitrogens with one attached hydrogen (secondary N) is 3.